The quantitative estimate of drug-likeness (QED) is 0.357. The number of benzene rings is 2. The number of nitro groups is 2. The van der Waals surface area contributed by atoms with Crippen molar-refractivity contribution in [2.24, 2.45) is 0 Å². The molecule has 9 heteroatoms. The number of rotatable bonds is 5. The SMILES string of the molecule is COc1ccc([N+](=O)[O-])cc1OC(=O)c1cc([N+](=O)[O-])ccc1C. The standard InChI is InChI=1S/C15H12N2O7/c1-9-3-4-10(16(19)20)7-12(9)15(18)24-14-8-11(17(21)22)5-6-13(14)23-2/h3-8H,1-2H3. The Kier molecular flexibility index (Phi) is 4.73. The largest absolute Gasteiger partial charge is 0.493 e. The Balaban J connectivity index is 2.39. The van der Waals surface area contributed by atoms with Gasteiger partial charge in [-0.3, -0.25) is 20.2 Å². The summed E-state index contributed by atoms with van der Waals surface area (Å²) >= 11 is 0. The van der Waals surface area contributed by atoms with Gasteiger partial charge >= 0.3 is 5.97 Å². The maximum atomic E-state index is 12.3. The number of carbonyl (C=O) groups is 1. The third-order valence-electron chi connectivity index (χ3n) is 3.21. The summed E-state index contributed by atoms with van der Waals surface area (Å²) in [4.78, 5) is 32.7. The third-order valence-corrected chi connectivity index (χ3v) is 3.21. The normalized spacial score (nSPS) is 10.1. The van der Waals surface area contributed by atoms with Crippen LogP contribution in [0.25, 0.3) is 0 Å². The molecule has 0 fully saturated rings. The van der Waals surface area contributed by atoms with E-state index in [9.17, 15) is 25.0 Å². The van der Waals surface area contributed by atoms with Crippen molar-refractivity contribution in [3.05, 3.63) is 67.8 Å². The first-order chi connectivity index (χ1) is 11.3. The first-order valence-corrected chi connectivity index (χ1v) is 6.63. The summed E-state index contributed by atoms with van der Waals surface area (Å²) in [5.74, 6) is -0.908. The molecule has 0 spiro atoms. The Labute approximate surface area is 135 Å². The highest BCUT2D eigenvalue weighted by atomic mass is 16.6. The van der Waals surface area contributed by atoms with E-state index in [1.807, 2.05) is 0 Å². The van der Waals surface area contributed by atoms with Crippen LogP contribution in [0.5, 0.6) is 11.5 Å². The molecule has 24 heavy (non-hydrogen) atoms. The monoisotopic (exact) mass is 332 g/mol. The number of carbonyl (C=O) groups excluding carboxylic acids is 1. The van der Waals surface area contributed by atoms with Crippen molar-refractivity contribution in [3.63, 3.8) is 0 Å². The van der Waals surface area contributed by atoms with E-state index in [4.69, 9.17) is 9.47 Å². The van der Waals surface area contributed by atoms with Crippen LogP contribution in [0.15, 0.2) is 36.4 Å². The summed E-state index contributed by atoms with van der Waals surface area (Å²) in [6, 6.07) is 7.31. The number of ether oxygens (including phenoxy) is 2. The lowest BCUT2D eigenvalue weighted by Gasteiger charge is -2.10. The lowest BCUT2D eigenvalue weighted by Crippen LogP contribution is -2.11. The maximum absolute atomic E-state index is 12.3. The number of non-ortho nitro benzene ring substituents is 2. The van der Waals surface area contributed by atoms with Crippen molar-refractivity contribution in [1.29, 1.82) is 0 Å². The number of aryl methyl sites for hydroxylation is 1. The summed E-state index contributed by atoms with van der Waals surface area (Å²) in [5.41, 5.74) is -0.0966. The molecule has 0 aromatic heterocycles. The molecule has 0 amide bonds. The first-order valence-electron chi connectivity index (χ1n) is 6.63. The number of hydrogen-bond acceptors (Lipinski definition) is 7. The lowest BCUT2D eigenvalue weighted by molar-refractivity contribution is -0.385. The molecule has 0 saturated carbocycles. The maximum Gasteiger partial charge on any atom is 0.344 e. The summed E-state index contributed by atoms with van der Waals surface area (Å²) in [6.45, 7) is 1.59. The number of nitrogens with zero attached hydrogens (tertiary/aromatic N) is 2. The van der Waals surface area contributed by atoms with Gasteiger partial charge in [-0.1, -0.05) is 6.07 Å². The molecule has 0 N–H and O–H groups in total. The second-order valence-corrected chi connectivity index (χ2v) is 4.74. The molecule has 0 aliphatic rings. The lowest BCUT2D eigenvalue weighted by atomic mass is 10.1. The van der Waals surface area contributed by atoms with Crippen LogP contribution in [0.3, 0.4) is 0 Å². The van der Waals surface area contributed by atoms with E-state index in [1.165, 1.54) is 31.4 Å². The van der Waals surface area contributed by atoms with Crippen molar-refractivity contribution >= 4 is 17.3 Å². The van der Waals surface area contributed by atoms with Crippen LogP contribution in [0.2, 0.25) is 0 Å². The molecule has 0 heterocycles. The second-order valence-electron chi connectivity index (χ2n) is 4.74. The summed E-state index contributed by atoms with van der Waals surface area (Å²) in [7, 11) is 1.32. The van der Waals surface area contributed by atoms with Crippen LogP contribution in [0.4, 0.5) is 11.4 Å². The molecule has 2 aromatic rings. The van der Waals surface area contributed by atoms with E-state index >= 15 is 0 Å². The molecular weight excluding hydrogens is 320 g/mol. The zero-order valence-electron chi connectivity index (χ0n) is 12.7. The summed E-state index contributed by atoms with van der Waals surface area (Å²) in [6.07, 6.45) is 0. The average molecular weight is 332 g/mol. The van der Waals surface area contributed by atoms with Crippen molar-refractivity contribution < 1.29 is 24.1 Å². The van der Waals surface area contributed by atoms with Crippen LogP contribution in [0, 0.1) is 27.2 Å². The summed E-state index contributed by atoms with van der Waals surface area (Å²) in [5, 5.41) is 21.7. The zero-order valence-corrected chi connectivity index (χ0v) is 12.7. The highest BCUT2D eigenvalue weighted by Gasteiger charge is 2.20. The fourth-order valence-corrected chi connectivity index (χ4v) is 1.96. The van der Waals surface area contributed by atoms with Gasteiger partial charge in [-0.25, -0.2) is 4.79 Å². The van der Waals surface area contributed by atoms with Crippen LogP contribution in [0.1, 0.15) is 15.9 Å². The summed E-state index contributed by atoms with van der Waals surface area (Å²) < 4.78 is 10.1. The van der Waals surface area contributed by atoms with Crippen LogP contribution in [-0.4, -0.2) is 22.9 Å². The van der Waals surface area contributed by atoms with Gasteiger partial charge in [0.15, 0.2) is 11.5 Å². The Bertz CT molecular complexity index is 833. The van der Waals surface area contributed by atoms with E-state index in [-0.39, 0.29) is 28.4 Å². The van der Waals surface area contributed by atoms with E-state index in [1.54, 1.807) is 6.92 Å². The minimum atomic E-state index is -0.880. The number of esters is 1. The molecular formula is C15H12N2O7. The molecule has 0 aliphatic heterocycles. The molecule has 0 bridgehead atoms. The second kappa shape index (κ2) is 6.73. The van der Waals surface area contributed by atoms with Gasteiger partial charge in [0.1, 0.15) is 0 Å². The van der Waals surface area contributed by atoms with Crippen LogP contribution in [-0.2, 0) is 0 Å². The molecule has 2 rings (SSSR count). The van der Waals surface area contributed by atoms with Gasteiger partial charge in [0.05, 0.1) is 28.6 Å². The fraction of sp³-hybridized carbons (Fsp3) is 0.133. The van der Waals surface area contributed by atoms with Crippen LogP contribution >= 0.6 is 0 Å². The molecule has 0 radical (unpaired) electrons. The van der Waals surface area contributed by atoms with Gasteiger partial charge in [0.25, 0.3) is 11.4 Å². The Morgan fingerprint density at radius 3 is 2.12 bits per heavy atom. The van der Waals surface area contributed by atoms with Gasteiger partial charge in [-0.2, -0.15) is 0 Å². The van der Waals surface area contributed by atoms with Gasteiger partial charge in [-0.15, -0.1) is 0 Å². The van der Waals surface area contributed by atoms with Gasteiger partial charge in [0, 0.05) is 18.2 Å². The Hall–Kier alpha value is -3.49. The smallest absolute Gasteiger partial charge is 0.344 e. The number of methoxy groups -OCH3 is 1. The molecule has 2 aromatic carbocycles. The van der Waals surface area contributed by atoms with Gasteiger partial charge in [0.2, 0.25) is 0 Å². The van der Waals surface area contributed by atoms with Crippen molar-refractivity contribution in [2.45, 2.75) is 6.92 Å². The third kappa shape index (κ3) is 3.46. The molecule has 0 unspecified atom stereocenters. The van der Waals surface area contributed by atoms with Crippen molar-refractivity contribution in [3.8, 4) is 11.5 Å². The Morgan fingerprint density at radius 2 is 1.54 bits per heavy atom. The minimum Gasteiger partial charge on any atom is -0.493 e. The van der Waals surface area contributed by atoms with E-state index in [2.05, 4.69) is 0 Å². The predicted molar refractivity (Wildman–Crippen MR) is 82.4 cm³/mol. The average Bonchev–Trinajstić information content (AvgIpc) is 2.54. The first kappa shape index (κ1) is 16.9. The van der Waals surface area contributed by atoms with Crippen molar-refractivity contribution in [2.75, 3.05) is 7.11 Å². The molecule has 124 valence electrons. The molecule has 0 aliphatic carbocycles. The fourth-order valence-electron chi connectivity index (χ4n) is 1.96. The van der Waals surface area contributed by atoms with Crippen molar-refractivity contribution in [1.82, 2.24) is 0 Å². The highest BCUT2D eigenvalue weighted by molar-refractivity contribution is 5.93. The molecule has 0 saturated heterocycles. The Morgan fingerprint density at radius 1 is 0.958 bits per heavy atom. The van der Waals surface area contributed by atoms with E-state index in [0.29, 0.717) is 5.56 Å². The number of nitro benzene ring substituents is 2. The van der Waals surface area contributed by atoms with E-state index < -0.39 is 15.8 Å². The molecule has 9 nitrogen and oxygen atoms in total. The highest BCUT2D eigenvalue weighted by Crippen LogP contribution is 2.32. The topological polar surface area (TPSA) is 122 Å². The number of hydrogen-bond donors (Lipinski definition) is 0. The minimum absolute atomic E-state index is 0.0160. The van der Waals surface area contributed by atoms with Gasteiger partial charge in [-0.05, 0) is 18.6 Å². The zero-order chi connectivity index (χ0) is 17.9. The predicted octanol–water partition coefficient (Wildman–Crippen LogP) is 3.04. The van der Waals surface area contributed by atoms with Gasteiger partial charge < -0.3 is 9.47 Å². The van der Waals surface area contributed by atoms with Crippen LogP contribution < -0.4 is 9.47 Å². The van der Waals surface area contributed by atoms with E-state index in [0.717, 1.165) is 12.1 Å². The molecule has 0 atom stereocenters.